The Morgan fingerprint density at radius 2 is 1.92 bits per heavy atom. The fraction of sp³-hybridized carbons (Fsp3) is 0.111. The molecule has 0 aliphatic heterocycles. The fourth-order valence-electron chi connectivity index (χ4n) is 2.48. The Bertz CT molecular complexity index is 862. The number of nitrogens with one attached hydrogen (secondary N) is 1. The molecule has 1 atom stereocenters. The summed E-state index contributed by atoms with van der Waals surface area (Å²) in [6, 6.07) is 14.1. The van der Waals surface area contributed by atoms with E-state index in [1.807, 2.05) is 48.1 Å². The molecule has 3 rings (SSSR count). The third-order valence-electron chi connectivity index (χ3n) is 3.70. The minimum atomic E-state index is -0.395. The molecular formula is C18H15Cl2N3O. The monoisotopic (exact) mass is 359 g/mol. The molecule has 3 aromatic rings. The molecule has 1 N–H and O–H groups in total. The first-order valence-electron chi connectivity index (χ1n) is 7.34. The van der Waals surface area contributed by atoms with Gasteiger partial charge in [0.25, 0.3) is 5.91 Å². The zero-order valence-corrected chi connectivity index (χ0v) is 14.4. The molecule has 0 bridgehead atoms. The predicted octanol–water partition coefficient (Wildman–Crippen LogP) is 4.25. The molecule has 2 aromatic carbocycles. The Hall–Kier alpha value is -2.30. The SMILES string of the molecule is Cn1ccnc1C(NC(=O)c1cc(Cl)ccc1Cl)c1ccccc1. The van der Waals surface area contributed by atoms with E-state index in [0.717, 1.165) is 11.4 Å². The Labute approximate surface area is 150 Å². The molecule has 0 aliphatic rings. The van der Waals surface area contributed by atoms with Gasteiger partial charge in [-0.25, -0.2) is 4.98 Å². The Kier molecular flexibility index (Phi) is 4.88. The first kappa shape index (κ1) is 16.6. The van der Waals surface area contributed by atoms with Gasteiger partial charge in [-0.1, -0.05) is 53.5 Å². The molecule has 6 heteroatoms. The van der Waals surface area contributed by atoms with Gasteiger partial charge in [0.1, 0.15) is 11.9 Å². The number of hydrogen-bond acceptors (Lipinski definition) is 2. The van der Waals surface area contributed by atoms with Crippen LogP contribution in [-0.4, -0.2) is 15.5 Å². The lowest BCUT2D eigenvalue weighted by Gasteiger charge is -2.19. The first-order chi connectivity index (χ1) is 11.6. The highest BCUT2D eigenvalue weighted by Crippen LogP contribution is 2.24. The molecular weight excluding hydrogens is 345 g/mol. The zero-order valence-electron chi connectivity index (χ0n) is 12.9. The highest BCUT2D eigenvalue weighted by molar-refractivity contribution is 6.35. The van der Waals surface area contributed by atoms with Crippen molar-refractivity contribution in [1.82, 2.24) is 14.9 Å². The summed E-state index contributed by atoms with van der Waals surface area (Å²) in [5.74, 6) is 0.423. The van der Waals surface area contributed by atoms with Crippen LogP contribution in [0.5, 0.6) is 0 Å². The van der Waals surface area contributed by atoms with Crippen LogP contribution in [0.2, 0.25) is 10.0 Å². The highest BCUT2D eigenvalue weighted by Gasteiger charge is 2.22. The first-order valence-corrected chi connectivity index (χ1v) is 8.10. The molecule has 0 saturated heterocycles. The van der Waals surface area contributed by atoms with Gasteiger partial charge in [-0.05, 0) is 23.8 Å². The van der Waals surface area contributed by atoms with Crippen LogP contribution in [0.4, 0.5) is 0 Å². The van der Waals surface area contributed by atoms with Crippen LogP contribution < -0.4 is 5.32 Å². The van der Waals surface area contributed by atoms with Gasteiger partial charge in [-0.15, -0.1) is 0 Å². The molecule has 24 heavy (non-hydrogen) atoms. The van der Waals surface area contributed by atoms with Gasteiger partial charge in [0.15, 0.2) is 0 Å². The van der Waals surface area contributed by atoms with Gasteiger partial charge in [0.05, 0.1) is 10.6 Å². The second-order valence-electron chi connectivity index (χ2n) is 5.34. The maximum Gasteiger partial charge on any atom is 0.253 e. The number of carbonyl (C=O) groups is 1. The molecule has 0 saturated carbocycles. The summed E-state index contributed by atoms with van der Waals surface area (Å²) < 4.78 is 1.87. The van der Waals surface area contributed by atoms with Crippen molar-refractivity contribution in [1.29, 1.82) is 0 Å². The number of carbonyl (C=O) groups excluding carboxylic acids is 1. The van der Waals surface area contributed by atoms with Gasteiger partial charge in [0.2, 0.25) is 0 Å². The molecule has 1 heterocycles. The maximum atomic E-state index is 12.7. The lowest BCUT2D eigenvalue weighted by molar-refractivity contribution is 0.0941. The summed E-state index contributed by atoms with van der Waals surface area (Å²) in [5, 5.41) is 3.80. The highest BCUT2D eigenvalue weighted by atomic mass is 35.5. The average molecular weight is 360 g/mol. The van der Waals surface area contributed by atoms with E-state index in [1.165, 1.54) is 0 Å². The summed E-state index contributed by atoms with van der Waals surface area (Å²) >= 11 is 12.1. The smallest absolute Gasteiger partial charge is 0.253 e. The van der Waals surface area contributed by atoms with Crippen molar-refractivity contribution in [3.05, 3.63) is 87.9 Å². The van der Waals surface area contributed by atoms with Crippen LogP contribution in [0.1, 0.15) is 27.8 Å². The van der Waals surface area contributed by atoms with Crippen molar-refractivity contribution in [3.8, 4) is 0 Å². The third-order valence-corrected chi connectivity index (χ3v) is 4.26. The van der Waals surface area contributed by atoms with Crippen molar-refractivity contribution in [3.63, 3.8) is 0 Å². The summed E-state index contributed by atoms with van der Waals surface area (Å²) in [7, 11) is 1.89. The van der Waals surface area contributed by atoms with E-state index in [2.05, 4.69) is 10.3 Å². The van der Waals surface area contributed by atoms with Crippen molar-refractivity contribution >= 4 is 29.1 Å². The van der Waals surface area contributed by atoms with Gasteiger partial charge >= 0.3 is 0 Å². The number of rotatable bonds is 4. The summed E-state index contributed by atoms with van der Waals surface area (Å²) in [5.41, 5.74) is 1.26. The van der Waals surface area contributed by atoms with Gasteiger partial charge < -0.3 is 9.88 Å². The number of aromatic nitrogens is 2. The summed E-state index contributed by atoms with van der Waals surface area (Å²) in [4.78, 5) is 17.1. The van der Waals surface area contributed by atoms with Crippen LogP contribution in [0, 0.1) is 0 Å². The second kappa shape index (κ2) is 7.07. The van der Waals surface area contributed by atoms with E-state index in [1.54, 1.807) is 24.4 Å². The summed E-state index contributed by atoms with van der Waals surface area (Å²) in [6.45, 7) is 0. The second-order valence-corrected chi connectivity index (χ2v) is 6.18. The standard InChI is InChI=1S/C18H15Cl2N3O/c1-23-10-9-21-17(23)16(12-5-3-2-4-6-12)22-18(24)14-11-13(19)7-8-15(14)20/h2-11,16H,1H3,(H,22,24). The zero-order chi connectivity index (χ0) is 17.1. The van der Waals surface area contributed by atoms with Crippen LogP contribution >= 0.6 is 23.2 Å². The van der Waals surface area contributed by atoms with Crippen molar-refractivity contribution in [2.75, 3.05) is 0 Å². The molecule has 4 nitrogen and oxygen atoms in total. The lowest BCUT2D eigenvalue weighted by atomic mass is 10.1. The van der Waals surface area contributed by atoms with Crippen LogP contribution in [0.3, 0.4) is 0 Å². The predicted molar refractivity (Wildman–Crippen MR) is 95.4 cm³/mol. The molecule has 0 aliphatic carbocycles. The minimum Gasteiger partial charge on any atom is -0.338 e. The molecule has 0 fully saturated rings. The normalized spacial score (nSPS) is 12.0. The Balaban J connectivity index is 1.97. The lowest BCUT2D eigenvalue weighted by Crippen LogP contribution is -2.31. The maximum absolute atomic E-state index is 12.7. The third kappa shape index (κ3) is 3.45. The molecule has 1 unspecified atom stereocenters. The van der Waals surface area contributed by atoms with Gasteiger partial charge in [-0.3, -0.25) is 4.79 Å². The number of nitrogens with zero attached hydrogens (tertiary/aromatic N) is 2. The van der Waals surface area contributed by atoms with Gasteiger partial charge in [0, 0.05) is 24.5 Å². The molecule has 0 spiro atoms. The van der Waals surface area contributed by atoms with E-state index < -0.39 is 6.04 Å². The number of benzene rings is 2. The molecule has 0 radical (unpaired) electrons. The average Bonchev–Trinajstić information content (AvgIpc) is 3.01. The van der Waals surface area contributed by atoms with E-state index in [0.29, 0.717) is 15.6 Å². The minimum absolute atomic E-state index is 0.306. The summed E-state index contributed by atoms with van der Waals surface area (Å²) in [6.07, 6.45) is 3.54. The van der Waals surface area contributed by atoms with E-state index in [-0.39, 0.29) is 5.91 Å². The van der Waals surface area contributed by atoms with Crippen LogP contribution in [0.25, 0.3) is 0 Å². The molecule has 1 aromatic heterocycles. The number of amides is 1. The number of halogens is 2. The number of aryl methyl sites for hydroxylation is 1. The van der Waals surface area contributed by atoms with Gasteiger partial charge in [-0.2, -0.15) is 0 Å². The quantitative estimate of drug-likeness (QED) is 0.756. The van der Waals surface area contributed by atoms with Crippen molar-refractivity contribution in [2.24, 2.45) is 7.05 Å². The van der Waals surface area contributed by atoms with Crippen LogP contribution in [-0.2, 0) is 7.05 Å². The fourth-order valence-corrected chi connectivity index (χ4v) is 2.85. The number of hydrogen-bond donors (Lipinski definition) is 1. The Morgan fingerprint density at radius 1 is 1.17 bits per heavy atom. The Morgan fingerprint density at radius 3 is 2.58 bits per heavy atom. The van der Waals surface area contributed by atoms with E-state index in [4.69, 9.17) is 23.2 Å². The number of imidazole rings is 1. The van der Waals surface area contributed by atoms with Crippen molar-refractivity contribution < 1.29 is 4.79 Å². The van der Waals surface area contributed by atoms with Crippen molar-refractivity contribution in [2.45, 2.75) is 6.04 Å². The largest absolute Gasteiger partial charge is 0.338 e. The molecule has 1 amide bonds. The van der Waals surface area contributed by atoms with E-state index >= 15 is 0 Å². The van der Waals surface area contributed by atoms with E-state index in [9.17, 15) is 4.79 Å². The molecule has 122 valence electrons. The van der Waals surface area contributed by atoms with Crippen LogP contribution in [0.15, 0.2) is 60.9 Å². The topological polar surface area (TPSA) is 46.9 Å².